The van der Waals surface area contributed by atoms with Crippen LogP contribution in [0.5, 0.6) is 0 Å². The molecule has 1 saturated carbocycles. The Bertz CT molecular complexity index is 1350. The lowest BCUT2D eigenvalue weighted by atomic mass is 9.98. The largest absolute Gasteiger partial charge is 0.337 e. The van der Waals surface area contributed by atoms with E-state index in [-0.39, 0.29) is 18.4 Å². The Morgan fingerprint density at radius 3 is 2.74 bits per heavy atom. The van der Waals surface area contributed by atoms with Crippen molar-refractivity contribution in [3.8, 4) is 0 Å². The first kappa shape index (κ1) is 20.7. The number of aromatic nitrogens is 3. The molecule has 6 rings (SSSR count). The quantitative estimate of drug-likeness (QED) is 0.612. The van der Waals surface area contributed by atoms with Crippen LogP contribution >= 0.6 is 0 Å². The summed E-state index contributed by atoms with van der Waals surface area (Å²) in [7, 11) is 0. The number of nitrogens with one attached hydrogen (secondary N) is 2. The van der Waals surface area contributed by atoms with E-state index in [2.05, 4.69) is 20.7 Å². The molecule has 1 aliphatic carbocycles. The van der Waals surface area contributed by atoms with Gasteiger partial charge in [-0.15, -0.1) is 0 Å². The molecule has 1 aromatic carbocycles. The number of nitrogens with zero attached hydrogens (tertiary/aromatic N) is 4. The van der Waals surface area contributed by atoms with Crippen LogP contribution in [0, 0.1) is 0 Å². The maximum atomic E-state index is 13.2. The van der Waals surface area contributed by atoms with E-state index < -0.39 is 42.8 Å². The van der Waals surface area contributed by atoms with Crippen molar-refractivity contribution < 1.29 is 23.2 Å². The number of likely N-dealkylation sites (tertiary alicyclic amines) is 1. The molecule has 4 heterocycles. The number of alkyl halides is 2. The van der Waals surface area contributed by atoms with Gasteiger partial charge >= 0.3 is 6.03 Å². The molecular formula is C23H20F2N6O3. The van der Waals surface area contributed by atoms with E-state index in [0.717, 1.165) is 22.4 Å². The SMILES string of the molecule is O=C1NCC(c2cc([C@H]3C[C@@H]3c3cccc(C(=O)N4CC(F)(F)C4)c3)c3nccn3n2)C(=O)N1. The molecule has 2 N–H and O–H groups in total. The predicted molar refractivity (Wildman–Crippen MR) is 115 cm³/mol. The molecule has 3 fully saturated rings. The van der Waals surface area contributed by atoms with Crippen molar-refractivity contribution in [2.24, 2.45) is 0 Å². The van der Waals surface area contributed by atoms with Gasteiger partial charge in [-0.25, -0.2) is 23.1 Å². The predicted octanol–water partition coefficient (Wildman–Crippen LogP) is 2.01. The highest BCUT2D eigenvalue weighted by atomic mass is 19.3. The topological polar surface area (TPSA) is 109 Å². The zero-order valence-electron chi connectivity index (χ0n) is 17.9. The number of imidazole rings is 1. The second-order valence-corrected chi connectivity index (χ2v) is 9.06. The number of fused-ring (bicyclic) bond motifs is 1. The second kappa shape index (κ2) is 7.31. The number of imide groups is 1. The molecule has 3 atom stereocenters. The van der Waals surface area contributed by atoms with Crippen molar-refractivity contribution >= 4 is 23.5 Å². The molecule has 1 unspecified atom stereocenters. The Morgan fingerprint density at radius 1 is 1.15 bits per heavy atom. The van der Waals surface area contributed by atoms with Gasteiger partial charge < -0.3 is 10.2 Å². The van der Waals surface area contributed by atoms with Gasteiger partial charge in [-0.3, -0.25) is 14.9 Å². The molecular weight excluding hydrogens is 446 g/mol. The Morgan fingerprint density at radius 2 is 1.97 bits per heavy atom. The van der Waals surface area contributed by atoms with Gasteiger partial charge in [-0.2, -0.15) is 5.10 Å². The second-order valence-electron chi connectivity index (χ2n) is 9.06. The van der Waals surface area contributed by atoms with Crippen LogP contribution in [-0.2, 0) is 4.79 Å². The Hall–Kier alpha value is -3.89. The standard InChI is InChI=1S/C23H20F2N6O3/c24-23(25)10-30(11-23)21(33)13-3-1-2-12(6-13)14-7-15(14)16-8-18(29-31-5-4-26-19(16)31)17-9-27-22(34)28-20(17)32/h1-6,8,14-15,17H,7,9-11H2,(H2,27,28,32,34)/t14-,15+,17?/m1/s1. The monoisotopic (exact) mass is 466 g/mol. The van der Waals surface area contributed by atoms with E-state index >= 15 is 0 Å². The minimum absolute atomic E-state index is 0.103. The third kappa shape index (κ3) is 3.47. The van der Waals surface area contributed by atoms with Gasteiger partial charge in [0.2, 0.25) is 5.91 Å². The van der Waals surface area contributed by atoms with Crippen LogP contribution in [0.1, 0.15) is 51.4 Å². The lowest BCUT2D eigenvalue weighted by Crippen LogP contribution is -2.58. The molecule has 2 aromatic heterocycles. The van der Waals surface area contributed by atoms with E-state index in [0.29, 0.717) is 16.9 Å². The number of amides is 4. The minimum Gasteiger partial charge on any atom is -0.337 e. The van der Waals surface area contributed by atoms with Crippen molar-refractivity contribution in [1.29, 1.82) is 0 Å². The van der Waals surface area contributed by atoms with Crippen molar-refractivity contribution in [3.05, 3.63) is 65.1 Å². The Labute approximate surface area is 192 Å². The highest BCUT2D eigenvalue weighted by Gasteiger charge is 2.47. The summed E-state index contributed by atoms with van der Waals surface area (Å²) in [5, 5.41) is 9.41. The summed E-state index contributed by atoms with van der Waals surface area (Å²) in [5.41, 5.74) is 3.50. The van der Waals surface area contributed by atoms with Crippen molar-refractivity contribution in [2.75, 3.05) is 19.6 Å². The summed E-state index contributed by atoms with van der Waals surface area (Å²) in [6.07, 6.45) is 4.16. The van der Waals surface area contributed by atoms with Gasteiger partial charge in [-0.1, -0.05) is 12.1 Å². The molecule has 9 nitrogen and oxygen atoms in total. The minimum atomic E-state index is -2.80. The zero-order chi connectivity index (χ0) is 23.6. The molecule has 3 aliphatic rings. The van der Waals surface area contributed by atoms with Crippen molar-refractivity contribution in [1.82, 2.24) is 30.1 Å². The molecule has 4 amide bonds. The Balaban J connectivity index is 1.27. The molecule has 2 saturated heterocycles. The van der Waals surface area contributed by atoms with Gasteiger partial charge in [0.05, 0.1) is 24.7 Å². The normalized spacial score (nSPS) is 25.5. The molecule has 2 aliphatic heterocycles. The fraction of sp³-hybridized carbons (Fsp3) is 0.348. The summed E-state index contributed by atoms with van der Waals surface area (Å²) in [6, 6.07) is 8.47. The maximum Gasteiger partial charge on any atom is 0.321 e. The molecule has 0 radical (unpaired) electrons. The average Bonchev–Trinajstić information content (AvgIpc) is 3.45. The fourth-order valence-corrected chi connectivity index (χ4v) is 4.82. The molecule has 0 bridgehead atoms. The van der Waals surface area contributed by atoms with Gasteiger partial charge in [0.25, 0.3) is 11.8 Å². The van der Waals surface area contributed by atoms with Crippen LogP contribution in [0.3, 0.4) is 0 Å². The molecule has 0 spiro atoms. The van der Waals surface area contributed by atoms with E-state index in [1.165, 1.54) is 0 Å². The highest BCUT2D eigenvalue weighted by molar-refractivity contribution is 6.00. The number of hydrogen-bond donors (Lipinski definition) is 2. The van der Waals surface area contributed by atoms with Crippen LogP contribution < -0.4 is 10.6 Å². The summed E-state index contributed by atoms with van der Waals surface area (Å²) < 4.78 is 28.0. The number of carbonyl (C=O) groups is 3. The van der Waals surface area contributed by atoms with Gasteiger partial charge in [0.1, 0.15) is 0 Å². The van der Waals surface area contributed by atoms with Crippen LogP contribution in [0.15, 0.2) is 42.7 Å². The summed E-state index contributed by atoms with van der Waals surface area (Å²) >= 11 is 0. The van der Waals surface area contributed by atoms with E-state index in [4.69, 9.17) is 0 Å². The molecule has 3 aromatic rings. The molecule has 11 heteroatoms. The summed E-state index contributed by atoms with van der Waals surface area (Å²) in [6.45, 7) is -0.935. The molecule has 174 valence electrons. The average molecular weight is 466 g/mol. The number of carbonyl (C=O) groups excluding carboxylic acids is 3. The summed E-state index contributed by atoms with van der Waals surface area (Å²) in [4.78, 5) is 42.0. The van der Waals surface area contributed by atoms with Crippen LogP contribution in [0.2, 0.25) is 0 Å². The number of urea groups is 1. The van der Waals surface area contributed by atoms with Crippen LogP contribution in [0.25, 0.3) is 5.65 Å². The fourth-order valence-electron chi connectivity index (χ4n) is 4.82. The van der Waals surface area contributed by atoms with Crippen molar-refractivity contribution in [2.45, 2.75) is 30.1 Å². The van der Waals surface area contributed by atoms with E-state index in [1.54, 1.807) is 35.1 Å². The van der Waals surface area contributed by atoms with Crippen molar-refractivity contribution in [3.63, 3.8) is 0 Å². The van der Waals surface area contributed by atoms with E-state index in [1.807, 2.05) is 12.1 Å². The maximum absolute atomic E-state index is 13.2. The lowest BCUT2D eigenvalue weighted by molar-refractivity contribution is -0.122. The smallest absolute Gasteiger partial charge is 0.321 e. The number of rotatable bonds is 4. The first-order valence-corrected chi connectivity index (χ1v) is 11.0. The Kier molecular flexibility index (Phi) is 4.45. The third-order valence-electron chi connectivity index (χ3n) is 6.67. The molecule has 34 heavy (non-hydrogen) atoms. The summed E-state index contributed by atoms with van der Waals surface area (Å²) in [5.74, 6) is -3.99. The van der Waals surface area contributed by atoms with Gasteiger partial charge in [-0.05, 0) is 42.0 Å². The zero-order valence-corrected chi connectivity index (χ0v) is 17.9. The van der Waals surface area contributed by atoms with Crippen LogP contribution in [-0.4, -0.2) is 62.9 Å². The number of halogens is 2. The van der Waals surface area contributed by atoms with E-state index in [9.17, 15) is 23.2 Å². The van der Waals surface area contributed by atoms with Gasteiger partial charge in [0, 0.05) is 30.1 Å². The first-order chi connectivity index (χ1) is 16.3. The lowest BCUT2D eigenvalue weighted by Gasteiger charge is -2.38. The number of benzene rings is 1. The van der Waals surface area contributed by atoms with Gasteiger partial charge in [0.15, 0.2) is 5.65 Å². The third-order valence-corrected chi connectivity index (χ3v) is 6.67. The number of hydrogen-bond acceptors (Lipinski definition) is 5. The highest BCUT2D eigenvalue weighted by Crippen LogP contribution is 2.55. The van der Waals surface area contributed by atoms with Crippen LogP contribution in [0.4, 0.5) is 13.6 Å². The first-order valence-electron chi connectivity index (χ1n) is 11.0.